The fourth-order valence-electron chi connectivity index (χ4n) is 1.70. The number of carboxylic acids is 2. The third-order valence-electron chi connectivity index (χ3n) is 2.89. The van der Waals surface area contributed by atoms with E-state index in [2.05, 4.69) is 0 Å². The van der Waals surface area contributed by atoms with E-state index in [4.69, 9.17) is 0 Å². The van der Waals surface area contributed by atoms with Gasteiger partial charge in [-0.2, -0.15) is 0 Å². The first-order chi connectivity index (χ1) is 6.89. The Hall–Kier alpha value is 0.135. The maximum absolute atomic E-state index is 11.0. The van der Waals surface area contributed by atoms with E-state index in [1.165, 1.54) is 0 Å². The van der Waals surface area contributed by atoms with Gasteiger partial charge in [0.2, 0.25) is 0 Å². The third-order valence-corrected chi connectivity index (χ3v) is 2.89. The van der Waals surface area contributed by atoms with Gasteiger partial charge in [0.05, 0.1) is 17.4 Å². The second-order valence-electron chi connectivity index (χ2n) is 4.16. The molecule has 0 radical (unpaired) electrons. The van der Waals surface area contributed by atoms with E-state index in [1.54, 1.807) is 13.8 Å². The van der Waals surface area contributed by atoms with Gasteiger partial charge in [-0.3, -0.25) is 0 Å². The molecule has 0 saturated heterocycles. The molecule has 0 heterocycles. The van der Waals surface area contributed by atoms with E-state index >= 15 is 0 Å². The SMILES string of the molecule is CCCCCC(C(=O)[O-])(C(=O)[O-])C(C)C.[Li+].[Li+]. The zero-order valence-electron chi connectivity index (χ0n) is 11.5. The minimum Gasteiger partial charge on any atom is -0.549 e. The van der Waals surface area contributed by atoms with Crippen LogP contribution in [0.15, 0.2) is 0 Å². The van der Waals surface area contributed by atoms with Crippen LogP contribution in [0.4, 0.5) is 0 Å². The predicted octanol–water partition coefficient (Wildman–Crippen LogP) is -6.28. The predicted molar refractivity (Wildman–Crippen MR) is 51.4 cm³/mol. The van der Waals surface area contributed by atoms with Crippen molar-refractivity contribution in [1.29, 1.82) is 0 Å². The number of carbonyl (C=O) groups excluding carboxylic acids is 2. The van der Waals surface area contributed by atoms with E-state index in [1.807, 2.05) is 6.92 Å². The smallest absolute Gasteiger partial charge is 0.549 e. The van der Waals surface area contributed by atoms with E-state index in [9.17, 15) is 19.8 Å². The largest absolute Gasteiger partial charge is 1.00 e. The van der Waals surface area contributed by atoms with Gasteiger partial charge in [-0.1, -0.05) is 40.0 Å². The minimum atomic E-state index is -1.84. The van der Waals surface area contributed by atoms with Crippen LogP contribution >= 0.6 is 0 Å². The number of aliphatic carboxylic acids is 2. The Balaban J connectivity index is -0.000000980. The van der Waals surface area contributed by atoms with Crippen molar-refractivity contribution in [3.05, 3.63) is 0 Å². The molecule has 0 spiro atoms. The van der Waals surface area contributed by atoms with Gasteiger partial charge in [-0.05, 0) is 12.3 Å². The van der Waals surface area contributed by atoms with Crippen LogP contribution in [-0.2, 0) is 9.59 Å². The Bertz CT molecular complexity index is 228. The molecule has 4 nitrogen and oxygen atoms in total. The molecular formula is C11H18Li2O4. The molecular weight excluding hydrogens is 210 g/mol. The Morgan fingerprint density at radius 2 is 1.47 bits per heavy atom. The monoisotopic (exact) mass is 228 g/mol. The molecule has 6 heteroatoms. The standard InChI is InChI=1S/C11H20O4.2Li/c1-4-5-6-7-11(8(2)3,9(12)13)10(14)15;;/h8H,4-7H2,1-3H3,(H,12,13)(H,14,15);;/q;2*+1/p-2. The average Bonchev–Trinajstić information content (AvgIpc) is 2.10. The number of hydrogen-bond donors (Lipinski definition) is 0. The molecule has 0 rings (SSSR count). The van der Waals surface area contributed by atoms with E-state index in [0.717, 1.165) is 12.8 Å². The fraction of sp³-hybridized carbons (Fsp3) is 0.818. The number of rotatable bonds is 7. The van der Waals surface area contributed by atoms with Gasteiger partial charge in [0.1, 0.15) is 0 Å². The van der Waals surface area contributed by atoms with Gasteiger partial charge < -0.3 is 19.8 Å². The number of hydrogen-bond acceptors (Lipinski definition) is 4. The van der Waals surface area contributed by atoms with Gasteiger partial charge in [0.15, 0.2) is 0 Å². The quantitative estimate of drug-likeness (QED) is 0.246. The summed E-state index contributed by atoms with van der Waals surface area (Å²) in [5.41, 5.74) is -1.84. The Morgan fingerprint density at radius 3 is 1.71 bits per heavy atom. The first-order valence-corrected chi connectivity index (χ1v) is 5.32. The molecule has 0 bridgehead atoms. The van der Waals surface area contributed by atoms with E-state index in [-0.39, 0.29) is 44.1 Å². The summed E-state index contributed by atoms with van der Waals surface area (Å²) in [6, 6.07) is 0. The second-order valence-corrected chi connectivity index (χ2v) is 4.16. The fourth-order valence-corrected chi connectivity index (χ4v) is 1.70. The Kier molecular flexibility index (Phi) is 13.3. The topological polar surface area (TPSA) is 80.3 Å². The molecule has 0 amide bonds. The van der Waals surface area contributed by atoms with Crippen molar-refractivity contribution in [1.82, 2.24) is 0 Å². The summed E-state index contributed by atoms with van der Waals surface area (Å²) < 4.78 is 0. The molecule has 0 aliphatic carbocycles. The Morgan fingerprint density at radius 1 is 1.06 bits per heavy atom. The zero-order valence-corrected chi connectivity index (χ0v) is 11.5. The normalized spacial score (nSPS) is 10.4. The molecule has 0 unspecified atom stereocenters. The van der Waals surface area contributed by atoms with Crippen LogP contribution in [0.1, 0.15) is 46.5 Å². The van der Waals surface area contributed by atoms with Crippen molar-refractivity contribution >= 4 is 11.9 Å². The molecule has 17 heavy (non-hydrogen) atoms. The van der Waals surface area contributed by atoms with Gasteiger partial charge in [-0.25, -0.2) is 0 Å². The van der Waals surface area contributed by atoms with Crippen LogP contribution in [0, 0.1) is 11.3 Å². The molecule has 0 N–H and O–H groups in total. The van der Waals surface area contributed by atoms with Crippen LogP contribution < -0.4 is 47.9 Å². The van der Waals surface area contributed by atoms with Crippen LogP contribution in [0.3, 0.4) is 0 Å². The van der Waals surface area contributed by atoms with Crippen LogP contribution in [0.2, 0.25) is 0 Å². The summed E-state index contributed by atoms with van der Waals surface area (Å²) in [5, 5.41) is 21.9. The van der Waals surface area contributed by atoms with Crippen molar-refractivity contribution in [2.75, 3.05) is 0 Å². The first-order valence-electron chi connectivity index (χ1n) is 5.32. The first kappa shape index (κ1) is 22.3. The third kappa shape index (κ3) is 5.53. The van der Waals surface area contributed by atoms with Gasteiger partial charge in [0, 0.05) is 0 Å². The summed E-state index contributed by atoms with van der Waals surface area (Å²) in [5.74, 6) is -3.59. The molecule has 0 aromatic rings. The molecule has 0 atom stereocenters. The summed E-state index contributed by atoms with van der Waals surface area (Å²) in [6.45, 7) is 5.10. The van der Waals surface area contributed by atoms with Crippen molar-refractivity contribution in [2.24, 2.45) is 11.3 Å². The molecule has 0 aromatic heterocycles. The average molecular weight is 228 g/mol. The maximum atomic E-state index is 11.0. The molecule has 0 saturated carbocycles. The summed E-state index contributed by atoms with van der Waals surface area (Å²) in [7, 11) is 0. The number of carboxylic acid groups (broad SMARTS) is 2. The van der Waals surface area contributed by atoms with Crippen molar-refractivity contribution in [2.45, 2.75) is 46.5 Å². The van der Waals surface area contributed by atoms with Gasteiger partial charge >= 0.3 is 37.7 Å². The Labute approximate surface area is 127 Å². The zero-order chi connectivity index (χ0) is 12.1. The molecule has 0 fully saturated rings. The van der Waals surface area contributed by atoms with E-state index < -0.39 is 23.3 Å². The molecule has 0 aromatic carbocycles. The van der Waals surface area contributed by atoms with Gasteiger partial charge in [0.25, 0.3) is 0 Å². The van der Waals surface area contributed by atoms with Crippen LogP contribution in [-0.4, -0.2) is 11.9 Å². The van der Waals surface area contributed by atoms with Crippen molar-refractivity contribution in [3.63, 3.8) is 0 Å². The van der Waals surface area contributed by atoms with E-state index in [0.29, 0.717) is 6.42 Å². The van der Waals surface area contributed by atoms with Crippen molar-refractivity contribution in [3.8, 4) is 0 Å². The molecule has 0 aliphatic rings. The number of carbonyl (C=O) groups is 2. The summed E-state index contributed by atoms with van der Waals surface area (Å²) in [4.78, 5) is 21.9. The molecule has 88 valence electrons. The maximum Gasteiger partial charge on any atom is 1.00 e. The minimum absolute atomic E-state index is 0. The second kappa shape index (κ2) is 10.1. The van der Waals surface area contributed by atoms with Crippen LogP contribution in [0.5, 0.6) is 0 Å². The summed E-state index contributed by atoms with van der Waals surface area (Å²) in [6.07, 6.45) is 2.38. The molecule has 0 aliphatic heterocycles. The van der Waals surface area contributed by atoms with Crippen LogP contribution in [0.25, 0.3) is 0 Å². The van der Waals surface area contributed by atoms with Gasteiger partial charge in [-0.15, -0.1) is 0 Å². The summed E-state index contributed by atoms with van der Waals surface area (Å²) >= 11 is 0. The number of unbranched alkanes of at least 4 members (excludes halogenated alkanes) is 2. The van der Waals surface area contributed by atoms with Crippen molar-refractivity contribution < 1.29 is 57.5 Å².